The van der Waals surface area contributed by atoms with E-state index in [1.54, 1.807) is 34.9 Å². The van der Waals surface area contributed by atoms with Crippen LogP contribution in [0.25, 0.3) is 28.4 Å². The molecular weight excluding hydrogens is 343 g/mol. The first-order valence-electron chi connectivity index (χ1n) is 7.62. The molecule has 0 radical (unpaired) electrons. The molecule has 0 bridgehead atoms. The van der Waals surface area contributed by atoms with Crippen molar-refractivity contribution in [1.82, 2.24) is 9.38 Å². The molecule has 0 amide bonds. The van der Waals surface area contributed by atoms with Crippen molar-refractivity contribution >= 4 is 5.71 Å². The van der Waals surface area contributed by atoms with Gasteiger partial charge in [0.05, 0.1) is 17.2 Å². The van der Waals surface area contributed by atoms with E-state index in [9.17, 15) is 13.2 Å². The number of fused-ring (bicyclic) bond motifs is 1. The quantitative estimate of drug-likeness (QED) is 0.501. The van der Waals surface area contributed by atoms with Crippen molar-refractivity contribution in [2.45, 2.75) is 6.18 Å². The molecule has 0 fully saturated rings. The lowest BCUT2D eigenvalue weighted by Gasteiger charge is -2.10. The van der Waals surface area contributed by atoms with Crippen LogP contribution in [-0.4, -0.2) is 9.38 Å². The fourth-order valence-electron chi connectivity index (χ4n) is 2.83. The number of imidazole rings is 1. The smallest absolute Gasteiger partial charge is 0.417 e. The highest BCUT2D eigenvalue weighted by atomic mass is 19.4. The summed E-state index contributed by atoms with van der Waals surface area (Å²) >= 11 is 0. The van der Waals surface area contributed by atoms with Crippen LogP contribution < -0.4 is 0 Å². The van der Waals surface area contributed by atoms with Gasteiger partial charge in [0.15, 0.2) is 0 Å². The molecule has 0 aliphatic carbocycles. The van der Waals surface area contributed by atoms with Crippen molar-refractivity contribution in [1.29, 1.82) is 5.26 Å². The molecule has 4 nitrogen and oxygen atoms in total. The van der Waals surface area contributed by atoms with Crippen LogP contribution in [0.3, 0.4) is 0 Å². The van der Waals surface area contributed by atoms with Crippen molar-refractivity contribution in [3.05, 3.63) is 72.1 Å². The maximum atomic E-state index is 13.4. The second-order valence-corrected chi connectivity index (χ2v) is 5.59. The lowest BCUT2D eigenvalue weighted by atomic mass is 10.0. The Kier molecular flexibility index (Phi) is 3.55. The Bertz CT molecular complexity index is 1130. The highest BCUT2D eigenvalue weighted by molar-refractivity contribution is 5.80. The van der Waals surface area contributed by atoms with Gasteiger partial charge in [-0.05, 0) is 30.3 Å². The summed E-state index contributed by atoms with van der Waals surface area (Å²) in [5.74, 6) is 0.435. The van der Waals surface area contributed by atoms with Crippen LogP contribution in [0.1, 0.15) is 11.1 Å². The molecule has 2 aromatic heterocycles. The van der Waals surface area contributed by atoms with Gasteiger partial charge >= 0.3 is 6.18 Å². The molecule has 0 saturated carbocycles. The number of hydrogen-bond donors (Lipinski definition) is 0. The van der Waals surface area contributed by atoms with Gasteiger partial charge in [-0.2, -0.15) is 18.4 Å². The van der Waals surface area contributed by atoms with Crippen LogP contribution in [0, 0.1) is 11.3 Å². The molecule has 26 heavy (non-hydrogen) atoms. The number of benzene rings is 2. The van der Waals surface area contributed by atoms with Crippen LogP contribution in [0.4, 0.5) is 13.2 Å². The zero-order chi connectivity index (χ0) is 18.3. The number of hydrogen-bond acceptors (Lipinski definition) is 3. The summed E-state index contributed by atoms with van der Waals surface area (Å²) in [5.41, 5.74) is 0.658. The van der Waals surface area contributed by atoms with Crippen LogP contribution in [0.15, 0.2) is 65.4 Å². The van der Waals surface area contributed by atoms with Gasteiger partial charge in [0.1, 0.15) is 17.8 Å². The summed E-state index contributed by atoms with van der Waals surface area (Å²) in [6.45, 7) is 0. The fraction of sp³-hybridized carbons (Fsp3) is 0.0526. The number of rotatable bonds is 2. The molecule has 4 rings (SSSR count). The number of aromatic nitrogens is 2. The van der Waals surface area contributed by atoms with E-state index in [1.165, 1.54) is 24.5 Å². The van der Waals surface area contributed by atoms with Crippen LogP contribution >= 0.6 is 0 Å². The number of alkyl halides is 3. The van der Waals surface area contributed by atoms with E-state index in [1.807, 2.05) is 6.07 Å². The second-order valence-electron chi connectivity index (χ2n) is 5.59. The maximum Gasteiger partial charge on any atom is 0.417 e. The number of halogens is 3. The average molecular weight is 353 g/mol. The Balaban J connectivity index is 1.94. The summed E-state index contributed by atoms with van der Waals surface area (Å²) in [6.07, 6.45) is -1.52. The second kappa shape index (κ2) is 5.77. The summed E-state index contributed by atoms with van der Waals surface area (Å²) in [4.78, 5) is 4.41. The van der Waals surface area contributed by atoms with Gasteiger partial charge in [0.25, 0.3) is 0 Å². The lowest BCUT2D eigenvalue weighted by Crippen LogP contribution is -2.07. The largest absolute Gasteiger partial charge is 0.444 e. The van der Waals surface area contributed by atoms with E-state index in [2.05, 4.69) is 4.98 Å². The van der Waals surface area contributed by atoms with E-state index < -0.39 is 11.7 Å². The monoisotopic (exact) mass is 353 g/mol. The van der Waals surface area contributed by atoms with E-state index in [-0.39, 0.29) is 17.0 Å². The zero-order valence-electron chi connectivity index (χ0n) is 13.2. The summed E-state index contributed by atoms with van der Waals surface area (Å²) in [7, 11) is 0. The van der Waals surface area contributed by atoms with Crippen molar-refractivity contribution < 1.29 is 17.6 Å². The predicted molar refractivity (Wildman–Crippen MR) is 88.0 cm³/mol. The maximum absolute atomic E-state index is 13.4. The Labute approximate surface area is 145 Å². The van der Waals surface area contributed by atoms with E-state index in [4.69, 9.17) is 9.68 Å². The lowest BCUT2D eigenvalue weighted by molar-refractivity contribution is -0.137. The van der Waals surface area contributed by atoms with Crippen LogP contribution in [0.5, 0.6) is 0 Å². The average Bonchev–Trinajstić information content (AvgIpc) is 3.24. The van der Waals surface area contributed by atoms with Crippen molar-refractivity contribution in [2.75, 3.05) is 0 Å². The minimum atomic E-state index is -4.51. The molecule has 0 atom stereocenters. The summed E-state index contributed by atoms with van der Waals surface area (Å²) < 4.78 is 47.1. The molecule has 2 aromatic carbocycles. The van der Waals surface area contributed by atoms with Gasteiger partial charge in [0.2, 0.25) is 5.71 Å². The van der Waals surface area contributed by atoms with Gasteiger partial charge in [-0.25, -0.2) is 4.98 Å². The third kappa shape index (κ3) is 2.52. The van der Waals surface area contributed by atoms with E-state index in [0.29, 0.717) is 17.0 Å². The van der Waals surface area contributed by atoms with Crippen LogP contribution in [0.2, 0.25) is 0 Å². The van der Waals surface area contributed by atoms with Gasteiger partial charge in [-0.1, -0.05) is 18.2 Å². The number of nitrogens with zero attached hydrogens (tertiary/aromatic N) is 3. The first kappa shape index (κ1) is 16.0. The normalized spacial score (nSPS) is 11.6. The van der Waals surface area contributed by atoms with Gasteiger partial charge in [-0.15, -0.1) is 0 Å². The van der Waals surface area contributed by atoms with Gasteiger partial charge in [0, 0.05) is 17.3 Å². The van der Waals surface area contributed by atoms with Crippen LogP contribution in [-0.2, 0) is 6.18 Å². The molecule has 7 heteroatoms. The Morgan fingerprint density at radius 1 is 1.04 bits per heavy atom. The summed E-state index contributed by atoms with van der Waals surface area (Å²) in [5, 5.41) is 8.90. The molecule has 0 saturated heterocycles. The fourth-order valence-corrected chi connectivity index (χ4v) is 2.83. The third-order valence-corrected chi connectivity index (χ3v) is 4.02. The Morgan fingerprint density at radius 3 is 2.46 bits per heavy atom. The molecule has 0 aliphatic heterocycles. The topological polar surface area (TPSA) is 54.2 Å². The van der Waals surface area contributed by atoms with E-state index in [0.717, 1.165) is 6.07 Å². The molecular formula is C19H10F3N3O. The molecule has 0 aliphatic rings. The molecule has 2 heterocycles. The van der Waals surface area contributed by atoms with E-state index >= 15 is 0 Å². The standard InChI is InChI=1S/C19H10F3N3O/c20-19(21,22)15-4-2-1-3-14(15)16-18-25(9-10-26-18)17(24-16)13-7-5-12(11-23)6-8-13/h1-10H. The van der Waals surface area contributed by atoms with Crippen molar-refractivity contribution in [2.24, 2.45) is 0 Å². The Morgan fingerprint density at radius 2 is 1.77 bits per heavy atom. The predicted octanol–water partition coefficient (Wildman–Crippen LogP) is 5.15. The van der Waals surface area contributed by atoms with Crippen molar-refractivity contribution in [3.8, 4) is 28.7 Å². The van der Waals surface area contributed by atoms with Crippen molar-refractivity contribution in [3.63, 3.8) is 0 Å². The minimum Gasteiger partial charge on any atom is -0.444 e. The molecule has 0 unspecified atom stereocenters. The molecule has 0 spiro atoms. The number of nitriles is 1. The molecule has 4 aromatic rings. The highest BCUT2D eigenvalue weighted by Gasteiger charge is 2.35. The first-order valence-corrected chi connectivity index (χ1v) is 7.62. The third-order valence-electron chi connectivity index (χ3n) is 4.02. The molecule has 128 valence electrons. The molecule has 0 N–H and O–H groups in total. The number of oxazole rings is 1. The SMILES string of the molecule is N#Cc1ccc(-c2nc(-c3ccccc3C(F)(F)F)c3occn23)cc1. The van der Waals surface area contributed by atoms with Gasteiger partial charge in [-0.3, -0.25) is 4.40 Å². The van der Waals surface area contributed by atoms with Gasteiger partial charge < -0.3 is 4.42 Å². The zero-order valence-corrected chi connectivity index (χ0v) is 13.2. The first-order chi connectivity index (χ1) is 12.5. The Hall–Kier alpha value is -3.53. The summed E-state index contributed by atoms with van der Waals surface area (Å²) in [6, 6.07) is 13.9. The highest BCUT2D eigenvalue weighted by Crippen LogP contribution is 2.39. The minimum absolute atomic E-state index is 0.0488.